The van der Waals surface area contributed by atoms with Crippen molar-refractivity contribution in [2.75, 3.05) is 13.2 Å². The van der Waals surface area contributed by atoms with E-state index < -0.39 is 24.5 Å². The fourth-order valence-electron chi connectivity index (χ4n) is 0.953. The first kappa shape index (κ1) is 13.2. The minimum atomic E-state index is -4.60. The molecular formula is C8H13F3O3. The van der Waals surface area contributed by atoms with Crippen LogP contribution in [0, 0.1) is 5.92 Å². The Bertz CT molecular complexity index is 179. The SMILES string of the molecule is CCOC(=O)C(CCCO)C(F)(F)F. The molecule has 1 atom stereocenters. The van der Waals surface area contributed by atoms with Crippen LogP contribution in [0.4, 0.5) is 13.2 Å². The molecule has 0 heterocycles. The Kier molecular flexibility index (Phi) is 5.52. The van der Waals surface area contributed by atoms with Crippen LogP contribution in [0.3, 0.4) is 0 Å². The van der Waals surface area contributed by atoms with E-state index in [0.717, 1.165) is 0 Å². The standard InChI is InChI=1S/C8H13F3O3/c1-2-14-7(13)6(4-3-5-12)8(9,10)11/h6,12H,2-5H2,1H3. The number of ether oxygens (including phenoxy) is 1. The molecule has 0 rings (SSSR count). The first-order valence-electron chi connectivity index (χ1n) is 4.27. The van der Waals surface area contributed by atoms with Crippen molar-refractivity contribution < 1.29 is 27.8 Å². The van der Waals surface area contributed by atoms with E-state index in [9.17, 15) is 18.0 Å². The minimum absolute atomic E-state index is 0.0665. The highest BCUT2D eigenvalue weighted by molar-refractivity contribution is 5.73. The molecule has 1 N–H and O–H groups in total. The van der Waals surface area contributed by atoms with Gasteiger partial charge < -0.3 is 9.84 Å². The Hall–Kier alpha value is -0.780. The Labute approximate surface area is 79.9 Å². The van der Waals surface area contributed by atoms with Gasteiger partial charge in [0.25, 0.3) is 0 Å². The Morgan fingerprint density at radius 1 is 1.50 bits per heavy atom. The van der Waals surface area contributed by atoms with E-state index in [1.165, 1.54) is 6.92 Å². The third-order valence-electron chi connectivity index (χ3n) is 1.62. The number of esters is 1. The lowest BCUT2D eigenvalue weighted by Crippen LogP contribution is -2.32. The van der Waals surface area contributed by atoms with Gasteiger partial charge in [0, 0.05) is 6.61 Å². The quantitative estimate of drug-likeness (QED) is 0.705. The monoisotopic (exact) mass is 214 g/mol. The van der Waals surface area contributed by atoms with Gasteiger partial charge in [0.15, 0.2) is 5.92 Å². The second-order valence-electron chi connectivity index (χ2n) is 2.71. The van der Waals surface area contributed by atoms with E-state index in [-0.39, 0.29) is 19.6 Å². The van der Waals surface area contributed by atoms with E-state index in [1.807, 2.05) is 0 Å². The summed E-state index contributed by atoms with van der Waals surface area (Å²) in [5, 5.41) is 8.37. The van der Waals surface area contributed by atoms with Gasteiger partial charge in [0.2, 0.25) is 0 Å². The summed E-state index contributed by atoms with van der Waals surface area (Å²) in [6.07, 6.45) is -5.09. The topological polar surface area (TPSA) is 46.5 Å². The third kappa shape index (κ3) is 4.45. The van der Waals surface area contributed by atoms with Crippen molar-refractivity contribution in [2.24, 2.45) is 5.92 Å². The Morgan fingerprint density at radius 3 is 2.43 bits per heavy atom. The molecule has 0 aliphatic rings. The summed E-state index contributed by atoms with van der Waals surface area (Å²) >= 11 is 0. The lowest BCUT2D eigenvalue weighted by Gasteiger charge is -2.17. The van der Waals surface area contributed by atoms with E-state index >= 15 is 0 Å². The highest BCUT2D eigenvalue weighted by Gasteiger charge is 2.45. The Morgan fingerprint density at radius 2 is 2.07 bits per heavy atom. The van der Waals surface area contributed by atoms with Crippen molar-refractivity contribution in [2.45, 2.75) is 25.9 Å². The van der Waals surface area contributed by atoms with Crippen LogP contribution in [-0.4, -0.2) is 30.5 Å². The lowest BCUT2D eigenvalue weighted by molar-refractivity contribution is -0.198. The summed E-state index contributed by atoms with van der Waals surface area (Å²) < 4.78 is 41.0. The van der Waals surface area contributed by atoms with Gasteiger partial charge >= 0.3 is 12.1 Å². The molecule has 0 saturated heterocycles. The van der Waals surface area contributed by atoms with Crippen LogP contribution in [0.25, 0.3) is 0 Å². The summed E-state index contributed by atoms with van der Waals surface area (Å²) in [5.74, 6) is -3.39. The zero-order chi connectivity index (χ0) is 11.2. The summed E-state index contributed by atoms with van der Waals surface area (Å²) in [5.41, 5.74) is 0. The average Bonchev–Trinajstić information content (AvgIpc) is 2.03. The molecule has 0 aliphatic carbocycles. The number of carbonyl (C=O) groups is 1. The fourth-order valence-corrected chi connectivity index (χ4v) is 0.953. The smallest absolute Gasteiger partial charge is 0.402 e. The van der Waals surface area contributed by atoms with Crippen LogP contribution < -0.4 is 0 Å². The molecule has 0 bridgehead atoms. The molecule has 14 heavy (non-hydrogen) atoms. The zero-order valence-corrected chi connectivity index (χ0v) is 7.80. The van der Waals surface area contributed by atoms with Gasteiger partial charge in [-0.1, -0.05) is 0 Å². The fraction of sp³-hybridized carbons (Fsp3) is 0.875. The molecule has 1 unspecified atom stereocenters. The molecule has 0 fully saturated rings. The summed E-state index contributed by atoms with van der Waals surface area (Å²) in [6.45, 7) is 0.994. The first-order valence-corrected chi connectivity index (χ1v) is 4.27. The van der Waals surface area contributed by atoms with Gasteiger partial charge in [0.1, 0.15) is 0 Å². The largest absolute Gasteiger partial charge is 0.466 e. The Balaban J connectivity index is 4.31. The van der Waals surface area contributed by atoms with E-state index in [1.54, 1.807) is 0 Å². The molecule has 0 radical (unpaired) electrons. The first-order chi connectivity index (χ1) is 6.43. The van der Waals surface area contributed by atoms with Crippen molar-refractivity contribution in [1.29, 1.82) is 0 Å². The number of hydrogen-bond donors (Lipinski definition) is 1. The third-order valence-corrected chi connectivity index (χ3v) is 1.62. The molecule has 3 nitrogen and oxygen atoms in total. The normalized spacial score (nSPS) is 13.8. The molecular weight excluding hydrogens is 201 g/mol. The molecule has 0 aromatic carbocycles. The average molecular weight is 214 g/mol. The highest BCUT2D eigenvalue weighted by Crippen LogP contribution is 2.30. The zero-order valence-electron chi connectivity index (χ0n) is 7.80. The molecule has 0 saturated carbocycles. The number of aliphatic hydroxyl groups excluding tert-OH is 1. The van der Waals surface area contributed by atoms with Gasteiger partial charge in [-0.2, -0.15) is 13.2 Å². The van der Waals surface area contributed by atoms with Gasteiger partial charge in [-0.05, 0) is 19.8 Å². The number of aliphatic hydroxyl groups is 1. The summed E-state index contributed by atoms with van der Waals surface area (Å²) in [4.78, 5) is 10.9. The van der Waals surface area contributed by atoms with Crippen LogP contribution in [-0.2, 0) is 9.53 Å². The van der Waals surface area contributed by atoms with E-state index in [4.69, 9.17) is 5.11 Å². The second kappa shape index (κ2) is 5.85. The number of alkyl halides is 3. The molecule has 0 aromatic rings. The minimum Gasteiger partial charge on any atom is -0.466 e. The maximum Gasteiger partial charge on any atom is 0.402 e. The maximum atomic E-state index is 12.2. The highest BCUT2D eigenvalue weighted by atomic mass is 19.4. The van der Waals surface area contributed by atoms with Crippen molar-refractivity contribution in [3.63, 3.8) is 0 Å². The van der Waals surface area contributed by atoms with Crippen LogP contribution in [0.15, 0.2) is 0 Å². The number of hydrogen-bond acceptors (Lipinski definition) is 3. The molecule has 0 aromatic heterocycles. The molecule has 0 aliphatic heterocycles. The van der Waals surface area contributed by atoms with E-state index in [0.29, 0.717) is 0 Å². The number of carbonyl (C=O) groups excluding carboxylic acids is 1. The molecule has 0 amide bonds. The molecule has 0 spiro atoms. The summed E-state index contributed by atoms with van der Waals surface area (Å²) in [7, 11) is 0. The number of halogens is 3. The number of rotatable bonds is 5. The maximum absolute atomic E-state index is 12.2. The van der Waals surface area contributed by atoms with Gasteiger partial charge in [-0.25, -0.2) is 0 Å². The predicted octanol–water partition coefficient (Wildman–Crippen LogP) is 1.50. The second-order valence-corrected chi connectivity index (χ2v) is 2.71. The lowest BCUT2D eigenvalue weighted by atomic mass is 10.0. The van der Waals surface area contributed by atoms with Gasteiger partial charge in [0.05, 0.1) is 6.61 Å². The summed E-state index contributed by atoms with van der Waals surface area (Å²) in [6, 6.07) is 0. The molecule has 6 heteroatoms. The van der Waals surface area contributed by atoms with Gasteiger partial charge in [-0.15, -0.1) is 0 Å². The van der Waals surface area contributed by atoms with E-state index in [2.05, 4.69) is 4.74 Å². The predicted molar refractivity (Wildman–Crippen MR) is 42.5 cm³/mol. The van der Waals surface area contributed by atoms with Crippen LogP contribution >= 0.6 is 0 Å². The van der Waals surface area contributed by atoms with Crippen LogP contribution in [0.2, 0.25) is 0 Å². The van der Waals surface area contributed by atoms with Crippen molar-refractivity contribution in [3.8, 4) is 0 Å². The van der Waals surface area contributed by atoms with Crippen molar-refractivity contribution in [3.05, 3.63) is 0 Å². The van der Waals surface area contributed by atoms with Crippen molar-refractivity contribution >= 4 is 5.97 Å². The van der Waals surface area contributed by atoms with Gasteiger partial charge in [-0.3, -0.25) is 4.79 Å². The van der Waals surface area contributed by atoms with Crippen LogP contribution in [0.5, 0.6) is 0 Å². The van der Waals surface area contributed by atoms with Crippen molar-refractivity contribution in [1.82, 2.24) is 0 Å². The van der Waals surface area contributed by atoms with Crippen LogP contribution in [0.1, 0.15) is 19.8 Å². The molecule has 84 valence electrons.